The molecule has 3 aliphatic rings. The summed E-state index contributed by atoms with van der Waals surface area (Å²) in [6.07, 6.45) is 14.8. The van der Waals surface area contributed by atoms with E-state index in [1.165, 1.54) is 38.5 Å². The summed E-state index contributed by atoms with van der Waals surface area (Å²) in [5, 5.41) is 0. The molecule has 152 valence electrons. The van der Waals surface area contributed by atoms with Gasteiger partial charge in [0.1, 0.15) is 6.61 Å². The van der Waals surface area contributed by atoms with Crippen molar-refractivity contribution in [3.8, 4) is 11.5 Å². The number of amides is 1. The summed E-state index contributed by atoms with van der Waals surface area (Å²) in [5.41, 5.74) is 0. The Bertz CT molecular complexity index is 680. The van der Waals surface area contributed by atoms with Gasteiger partial charge in [0.05, 0.1) is 6.54 Å². The Balaban J connectivity index is 1.40. The van der Waals surface area contributed by atoms with Crippen LogP contribution >= 0.6 is 0 Å². The van der Waals surface area contributed by atoms with Crippen LogP contribution in [0.2, 0.25) is 0 Å². The molecule has 2 atom stereocenters. The molecule has 0 saturated heterocycles. The van der Waals surface area contributed by atoms with Crippen molar-refractivity contribution in [2.24, 2.45) is 11.8 Å². The molecule has 4 heteroatoms. The van der Waals surface area contributed by atoms with E-state index in [2.05, 4.69) is 17.1 Å². The van der Waals surface area contributed by atoms with E-state index in [9.17, 15) is 4.79 Å². The van der Waals surface area contributed by atoms with Gasteiger partial charge in [0, 0.05) is 13.0 Å². The summed E-state index contributed by atoms with van der Waals surface area (Å²) in [6.45, 7) is 1.98. The Morgan fingerprint density at radius 1 is 0.964 bits per heavy atom. The molecule has 0 radical (unpaired) electrons. The minimum Gasteiger partial charge on any atom is -0.486 e. The van der Waals surface area contributed by atoms with E-state index in [1.54, 1.807) is 0 Å². The zero-order valence-corrected chi connectivity index (χ0v) is 16.9. The number of carbonyl (C=O) groups excluding carboxylic acids is 1. The van der Waals surface area contributed by atoms with Gasteiger partial charge >= 0.3 is 0 Å². The molecule has 1 aromatic carbocycles. The van der Waals surface area contributed by atoms with Crippen molar-refractivity contribution in [3.63, 3.8) is 0 Å². The Labute approximate surface area is 168 Å². The normalized spacial score (nSPS) is 24.7. The summed E-state index contributed by atoms with van der Waals surface area (Å²) in [7, 11) is 0. The van der Waals surface area contributed by atoms with Crippen molar-refractivity contribution < 1.29 is 14.3 Å². The van der Waals surface area contributed by atoms with Gasteiger partial charge < -0.3 is 14.4 Å². The molecule has 1 heterocycles. The second-order valence-electron chi connectivity index (χ2n) is 8.65. The molecule has 1 aliphatic heterocycles. The van der Waals surface area contributed by atoms with Crippen LogP contribution in [0.25, 0.3) is 0 Å². The molecule has 4 nitrogen and oxygen atoms in total. The molecular formula is C24H33NO3. The molecule has 0 aromatic heterocycles. The summed E-state index contributed by atoms with van der Waals surface area (Å²) in [5.74, 6) is 3.04. The maximum atomic E-state index is 13.2. The van der Waals surface area contributed by atoms with Crippen LogP contribution in [0.15, 0.2) is 36.4 Å². The number of allylic oxidation sites excluding steroid dienone is 2. The first-order chi connectivity index (χ1) is 13.8. The van der Waals surface area contributed by atoms with Crippen LogP contribution in [0.3, 0.4) is 0 Å². The summed E-state index contributed by atoms with van der Waals surface area (Å²) >= 11 is 0. The minimum absolute atomic E-state index is 0.0932. The lowest BCUT2D eigenvalue weighted by atomic mass is 9.86. The highest BCUT2D eigenvalue weighted by atomic mass is 16.6. The Kier molecular flexibility index (Phi) is 6.56. The topological polar surface area (TPSA) is 38.8 Å². The van der Waals surface area contributed by atoms with Gasteiger partial charge in [-0.25, -0.2) is 0 Å². The van der Waals surface area contributed by atoms with Crippen LogP contribution in [0, 0.1) is 11.8 Å². The molecule has 1 amide bonds. The maximum absolute atomic E-state index is 13.2. The van der Waals surface area contributed by atoms with E-state index in [4.69, 9.17) is 9.47 Å². The second-order valence-corrected chi connectivity index (χ2v) is 8.65. The molecule has 2 aliphatic carbocycles. The highest BCUT2D eigenvalue weighted by Crippen LogP contribution is 2.32. The molecule has 0 unspecified atom stereocenters. The third-order valence-electron chi connectivity index (χ3n) is 6.39. The quantitative estimate of drug-likeness (QED) is 0.650. The van der Waals surface area contributed by atoms with Gasteiger partial charge in [-0.05, 0) is 56.1 Å². The fourth-order valence-corrected chi connectivity index (χ4v) is 4.78. The molecule has 0 N–H and O–H groups in total. The number of para-hydroxylation sites is 2. The van der Waals surface area contributed by atoms with Crippen molar-refractivity contribution in [2.75, 3.05) is 19.7 Å². The van der Waals surface area contributed by atoms with Gasteiger partial charge in [-0.1, -0.05) is 43.5 Å². The average Bonchev–Trinajstić information content (AvgIpc) is 2.74. The molecule has 1 aromatic rings. The van der Waals surface area contributed by atoms with Crippen molar-refractivity contribution >= 4 is 5.91 Å². The fourth-order valence-electron chi connectivity index (χ4n) is 4.78. The van der Waals surface area contributed by atoms with Crippen LogP contribution in [-0.2, 0) is 4.79 Å². The zero-order valence-electron chi connectivity index (χ0n) is 16.9. The molecule has 0 spiro atoms. The molecular weight excluding hydrogens is 350 g/mol. The average molecular weight is 384 g/mol. The maximum Gasteiger partial charge on any atom is 0.222 e. The predicted molar refractivity (Wildman–Crippen MR) is 111 cm³/mol. The van der Waals surface area contributed by atoms with E-state index >= 15 is 0 Å². The van der Waals surface area contributed by atoms with Gasteiger partial charge in [0.2, 0.25) is 5.91 Å². The van der Waals surface area contributed by atoms with Gasteiger partial charge in [-0.15, -0.1) is 0 Å². The first kappa shape index (κ1) is 19.4. The predicted octanol–water partition coefficient (Wildman–Crippen LogP) is 4.98. The highest BCUT2D eigenvalue weighted by molar-refractivity contribution is 5.76. The van der Waals surface area contributed by atoms with Gasteiger partial charge in [-0.3, -0.25) is 4.79 Å². The van der Waals surface area contributed by atoms with Crippen LogP contribution in [-0.4, -0.2) is 36.6 Å². The second kappa shape index (κ2) is 9.49. The lowest BCUT2D eigenvalue weighted by molar-refractivity contribution is -0.134. The van der Waals surface area contributed by atoms with Crippen molar-refractivity contribution in [1.82, 2.24) is 4.90 Å². The number of ether oxygens (including phenoxy) is 2. The molecule has 28 heavy (non-hydrogen) atoms. The molecule has 1 saturated carbocycles. The van der Waals surface area contributed by atoms with Crippen molar-refractivity contribution in [1.29, 1.82) is 0 Å². The fraction of sp³-hybridized carbons (Fsp3) is 0.625. The first-order valence-electron chi connectivity index (χ1n) is 11.1. The van der Waals surface area contributed by atoms with E-state index in [0.717, 1.165) is 30.9 Å². The van der Waals surface area contributed by atoms with Crippen molar-refractivity contribution in [2.45, 2.75) is 63.9 Å². The van der Waals surface area contributed by atoms with E-state index in [1.807, 2.05) is 24.3 Å². The number of carbonyl (C=O) groups is 1. The third-order valence-corrected chi connectivity index (χ3v) is 6.39. The minimum atomic E-state index is -0.0932. The number of benzene rings is 1. The Hall–Kier alpha value is -1.97. The van der Waals surface area contributed by atoms with E-state index in [0.29, 0.717) is 37.3 Å². The molecule has 1 fully saturated rings. The van der Waals surface area contributed by atoms with Gasteiger partial charge in [0.15, 0.2) is 17.6 Å². The first-order valence-corrected chi connectivity index (χ1v) is 11.1. The van der Waals surface area contributed by atoms with Crippen LogP contribution < -0.4 is 9.47 Å². The molecule has 4 rings (SSSR count). The number of fused-ring (bicyclic) bond motifs is 1. The van der Waals surface area contributed by atoms with Gasteiger partial charge in [-0.2, -0.15) is 0 Å². The zero-order chi connectivity index (χ0) is 19.2. The largest absolute Gasteiger partial charge is 0.486 e. The van der Waals surface area contributed by atoms with E-state index < -0.39 is 0 Å². The summed E-state index contributed by atoms with van der Waals surface area (Å²) in [6, 6.07) is 7.80. The Morgan fingerprint density at radius 2 is 1.79 bits per heavy atom. The smallest absolute Gasteiger partial charge is 0.222 e. The standard InChI is InChI=1S/C24H33NO3/c26-24(15-19-9-3-1-4-10-19)25(16-20-11-5-2-6-12-20)17-21-18-27-22-13-7-8-14-23(22)28-21/h2,5,7-8,13-14,19-21H,1,3-4,6,9-12,15-18H2/t20-,21+/m1/s1. The lowest BCUT2D eigenvalue weighted by Gasteiger charge is -2.34. The highest BCUT2D eigenvalue weighted by Gasteiger charge is 2.28. The van der Waals surface area contributed by atoms with Crippen molar-refractivity contribution in [3.05, 3.63) is 36.4 Å². The summed E-state index contributed by atoms with van der Waals surface area (Å²) < 4.78 is 12.0. The monoisotopic (exact) mass is 383 g/mol. The van der Waals surface area contributed by atoms with Crippen LogP contribution in [0.4, 0.5) is 0 Å². The number of rotatable bonds is 6. The summed E-state index contributed by atoms with van der Waals surface area (Å²) in [4.78, 5) is 15.3. The van der Waals surface area contributed by atoms with E-state index in [-0.39, 0.29) is 6.10 Å². The third kappa shape index (κ3) is 5.09. The number of hydrogen-bond donors (Lipinski definition) is 0. The molecule has 0 bridgehead atoms. The number of hydrogen-bond acceptors (Lipinski definition) is 3. The van der Waals surface area contributed by atoms with Gasteiger partial charge in [0.25, 0.3) is 0 Å². The lowest BCUT2D eigenvalue weighted by Crippen LogP contribution is -2.46. The Morgan fingerprint density at radius 3 is 2.57 bits per heavy atom. The van der Waals surface area contributed by atoms with Crippen LogP contribution in [0.1, 0.15) is 57.8 Å². The van der Waals surface area contributed by atoms with Crippen LogP contribution in [0.5, 0.6) is 11.5 Å². The SMILES string of the molecule is O=C(CC1CCCCC1)N(C[C@@H]1CC=CCC1)C[C@H]1COc2ccccc2O1. The number of nitrogens with zero attached hydrogens (tertiary/aromatic N) is 1.